The quantitative estimate of drug-likeness (QED) is 0.943. The van der Waals surface area contributed by atoms with E-state index in [0.717, 1.165) is 18.5 Å². The largest absolute Gasteiger partial charge is 0.493 e. The van der Waals surface area contributed by atoms with Crippen molar-refractivity contribution in [2.24, 2.45) is 0 Å². The van der Waals surface area contributed by atoms with Gasteiger partial charge in [-0.1, -0.05) is 32.1 Å². The number of fused-ring (bicyclic) bond motifs is 1. The van der Waals surface area contributed by atoms with Crippen molar-refractivity contribution >= 4 is 11.6 Å². The molecule has 0 spiro atoms. The molecule has 1 N–H and O–H groups in total. The molecule has 5 heteroatoms. The normalized spacial score (nSPS) is 16.8. The molecule has 1 fully saturated rings. The summed E-state index contributed by atoms with van der Waals surface area (Å²) in [5.74, 6) is 0.648. The van der Waals surface area contributed by atoms with Crippen LogP contribution in [0.3, 0.4) is 0 Å². The summed E-state index contributed by atoms with van der Waals surface area (Å²) < 4.78 is 7.17. The van der Waals surface area contributed by atoms with Gasteiger partial charge in [0.15, 0.2) is 11.4 Å². The molecule has 1 amide bonds. The summed E-state index contributed by atoms with van der Waals surface area (Å²) in [5, 5.41) is 3.22. The van der Waals surface area contributed by atoms with Gasteiger partial charge in [-0.2, -0.15) is 0 Å². The van der Waals surface area contributed by atoms with Crippen LogP contribution < -0.4 is 10.1 Å². The predicted molar refractivity (Wildman–Crippen MR) is 90.1 cm³/mol. The van der Waals surface area contributed by atoms with Crippen LogP contribution in [0.15, 0.2) is 18.3 Å². The van der Waals surface area contributed by atoms with Crippen molar-refractivity contribution in [1.82, 2.24) is 14.7 Å². The topological polar surface area (TPSA) is 55.6 Å². The van der Waals surface area contributed by atoms with E-state index in [4.69, 9.17) is 4.74 Å². The van der Waals surface area contributed by atoms with E-state index in [2.05, 4.69) is 10.3 Å². The second-order valence-corrected chi connectivity index (χ2v) is 6.33. The third-order valence-corrected chi connectivity index (χ3v) is 4.66. The number of hydrogen-bond acceptors (Lipinski definition) is 3. The number of methoxy groups -OCH3 is 1. The van der Waals surface area contributed by atoms with Crippen molar-refractivity contribution in [2.45, 2.75) is 57.9 Å². The van der Waals surface area contributed by atoms with Gasteiger partial charge in [-0.3, -0.25) is 9.20 Å². The molecular formula is C18H25N3O2. The summed E-state index contributed by atoms with van der Waals surface area (Å²) in [6, 6.07) is 4.01. The van der Waals surface area contributed by atoms with E-state index >= 15 is 0 Å². The summed E-state index contributed by atoms with van der Waals surface area (Å²) in [6.45, 7) is 1.87. The van der Waals surface area contributed by atoms with E-state index in [1.54, 1.807) is 7.11 Å². The van der Waals surface area contributed by atoms with Gasteiger partial charge in [-0.05, 0) is 31.9 Å². The number of rotatable bonds is 3. The van der Waals surface area contributed by atoms with Gasteiger partial charge in [0.1, 0.15) is 5.69 Å². The Balaban J connectivity index is 1.84. The molecule has 0 radical (unpaired) electrons. The summed E-state index contributed by atoms with van der Waals surface area (Å²) in [4.78, 5) is 17.3. The maximum absolute atomic E-state index is 12.8. The number of pyridine rings is 1. The molecule has 1 aliphatic carbocycles. The Kier molecular flexibility index (Phi) is 4.84. The number of nitrogens with one attached hydrogen (secondary N) is 1. The minimum absolute atomic E-state index is 0.0335. The van der Waals surface area contributed by atoms with Crippen LogP contribution in [0.5, 0.6) is 5.75 Å². The van der Waals surface area contributed by atoms with Crippen molar-refractivity contribution in [1.29, 1.82) is 0 Å². The number of aromatic nitrogens is 2. The molecule has 0 bridgehead atoms. The van der Waals surface area contributed by atoms with E-state index in [9.17, 15) is 4.79 Å². The highest BCUT2D eigenvalue weighted by Gasteiger charge is 2.21. The zero-order valence-corrected chi connectivity index (χ0v) is 14.0. The number of amides is 1. The van der Waals surface area contributed by atoms with Gasteiger partial charge in [-0.25, -0.2) is 4.98 Å². The van der Waals surface area contributed by atoms with Gasteiger partial charge in [0.05, 0.1) is 12.8 Å². The van der Waals surface area contributed by atoms with Crippen LogP contribution in [-0.2, 0) is 0 Å². The summed E-state index contributed by atoms with van der Waals surface area (Å²) >= 11 is 0. The number of carbonyl (C=O) groups is 1. The lowest BCUT2D eigenvalue weighted by molar-refractivity contribution is 0.0924. The molecule has 2 aromatic rings. The SMILES string of the molecule is COc1cccn2c(C(=O)NC3CCCCCCC3)c(C)nc12. The average Bonchev–Trinajstić information content (AvgIpc) is 2.85. The molecule has 1 saturated carbocycles. The number of imidazole rings is 1. The fourth-order valence-electron chi connectivity index (χ4n) is 3.44. The zero-order valence-electron chi connectivity index (χ0n) is 14.0. The molecule has 1 aliphatic rings. The third-order valence-electron chi connectivity index (χ3n) is 4.66. The van der Waals surface area contributed by atoms with Crippen LogP contribution in [0.25, 0.3) is 5.65 Å². The summed E-state index contributed by atoms with van der Waals surface area (Å²) in [7, 11) is 1.62. The van der Waals surface area contributed by atoms with Crippen molar-refractivity contribution in [3.63, 3.8) is 0 Å². The minimum Gasteiger partial charge on any atom is -0.493 e. The highest BCUT2D eigenvalue weighted by Crippen LogP contribution is 2.22. The summed E-state index contributed by atoms with van der Waals surface area (Å²) in [5.41, 5.74) is 2.04. The second-order valence-electron chi connectivity index (χ2n) is 6.33. The van der Waals surface area contributed by atoms with Crippen molar-refractivity contribution in [2.75, 3.05) is 7.11 Å². The third kappa shape index (κ3) is 3.33. The molecule has 23 heavy (non-hydrogen) atoms. The average molecular weight is 315 g/mol. The maximum Gasteiger partial charge on any atom is 0.270 e. The molecule has 0 atom stereocenters. The maximum atomic E-state index is 12.8. The monoisotopic (exact) mass is 315 g/mol. The Bertz CT molecular complexity index is 685. The number of carbonyl (C=O) groups excluding carboxylic acids is 1. The second kappa shape index (κ2) is 7.02. The standard InChI is InChI=1S/C18H25N3O2/c1-13-16(21-12-8-11-15(23-2)17(21)19-13)18(22)20-14-9-6-4-3-5-7-10-14/h8,11-12,14H,3-7,9-10H2,1-2H3,(H,20,22). The van der Waals surface area contributed by atoms with Crippen LogP contribution in [0.4, 0.5) is 0 Å². The zero-order chi connectivity index (χ0) is 16.2. The van der Waals surface area contributed by atoms with Gasteiger partial charge in [0, 0.05) is 12.2 Å². The van der Waals surface area contributed by atoms with E-state index in [1.165, 1.54) is 32.1 Å². The van der Waals surface area contributed by atoms with Crippen molar-refractivity contribution < 1.29 is 9.53 Å². The fraction of sp³-hybridized carbons (Fsp3) is 0.556. The van der Waals surface area contributed by atoms with E-state index in [0.29, 0.717) is 17.1 Å². The first kappa shape index (κ1) is 15.8. The van der Waals surface area contributed by atoms with Gasteiger partial charge in [0.2, 0.25) is 0 Å². The number of nitrogens with zero attached hydrogens (tertiary/aromatic N) is 2. The molecule has 0 saturated heterocycles. The Hall–Kier alpha value is -2.04. The highest BCUT2D eigenvalue weighted by atomic mass is 16.5. The Morgan fingerprint density at radius 2 is 1.96 bits per heavy atom. The number of aryl methyl sites for hydroxylation is 1. The smallest absolute Gasteiger partial charge is 0.270 e. The first-order chi connectivity index (χ1) is 11.2. The molecule has 5 nitrogen and oxygen atoms in total. The van der Waals surface area contributed by atoms with Crippen molar-refractivity contribution in [3.05, 3.63) is 29.7 Å². The molecule has 0 unspecified atom stereocenters. The Morgan fingerprint density at radius 1 is 1.26 bits per heavy atom. The van der Waals surface area contributed by atoms with Crippen molar-refractivity contribution in [3.8, 4) is 5.75 Å². The number of hydrogen-bond donors (Lipinski definition) is 1. The molecule has 3 rings (SSSR count). The fourth-order valence-corrected chi connectivity index (χ4v) is 3.44. The van der Waals surface area contributed by atoms with Gasteiger partial charge in [0.25, 0.3) is 5.91 Å². The lowest BCUT2D eigenvalue weighted by atomic mass is 9.96. The predicted octanol–water partition coefficient (Wildman–Crippen LogP) is 3.49. The number of ether oxygens (including phenoxy) is 1. The van der Waals surface area contributed by atoms with Crippen LogP contribution in [0.1, 0.15) is 61.1 Å². The van der Waals surface area contributed by atoms with Gasteiger partial charge < -0.3 is 10.1 Å². The summed E-state index contributed by atoms with van der Waals surface area (Å²) in [6.07, 6.45) is 10.3. The Labute approximate surface area is 137 Å². The van der Waals surface area contributed by atoms with E-state index in [1.807, 2.05) is 29.7 Å². The van der Waals surface area contributed by atoms with E-state index < -0.39 is 0 Å². The lowest BCUT2D eigenvalue weighted by Gasteiger charge is -2.21. The van der Waals surface area contributed by atoms with Crippen LogP contribution in [0.2, 0.25) is 0 Å². The molecule has 0 aliphatic heterocycles. The molecule has 2 aromatic heterocycles. The molecular weight excluding hydrogens is 290 g/mol. The first-order valence-electron chi connectivity index (χ1n) is 8.53. The van der Waals surface area contributed by atoms with Gasteiger partial charge in [-0.15, -0.1) is 0 Å². The van der Waals surface area contributed by atoms with Crippen LogP contribution >= 0.6 is 0 Å². The van der Waals surface area contributed by atoms with E-state index in [-0.39, 0.29) is 11.9 Å². The molecule has 0 aromatic carbocycles. The molecule has 124 valence electrons. The lowest BCUT2D eigenvalue weighted by Crippen LogP contribution is -2.36. The molecule has 2 heterocycles. The van der Waals surface area contributed by atoms with Gasteiger partial charge >= 0.3 is 0 Å². The Morgan fingerprint density at radius 3 is 2.65 bits per heavy atom. The van der Waals surface area contributed by atoms with Crippen LogP contribution in [-0.4, -0.2) is 28.4 Å². The minimum atomic E-state index is -0.0335. The highest BCUT2D eigenvalue weighted by molar-refractivity contribution is 5.95. The van der Waals surface area contributed by atoms with Crippen LogP contribution in [0, 0.1) is 6.92 Å². The first-order valence-corrected chi connectivity index (χ1v) is 8.53.